The molecule has 0 heterocycles. The molecule has 34 heavy (non-hydrogen) atoms. The number of hydrogen-bond acceptors (Lipinski definition) is 4. The van der Waals surface area contributed by atoms with Gasteiger partial charge < -0.3 is 0 Å². The summed E-state index contributed by atoms with van der Waals surface area (Å²) >= 11 is 10.4. The lowest BCUT2D eigenvalue weighted by molar-refractivity contribution is 0.881. The number of rotatable bonds is 6. The Kier molecular flexibility index (Phi) is 9.74. The van der Waals surface area contributed by atoms with E-state index in [0.717, 1.165) is 47.2 Å². The minimum atomic E-state index is 0.296. The van der Waals surface area contributed by atoms with E-state index in [-0.39, 0.29) is 0 Å². The van der Waals surface area contributed by atoms with E-state index < -0.39 is 0 Å². The maximum Gasteiger partial charge on any atom is 0.257 e. The van der Waals surface area contributed by atoms with Crippen LogP contribution in [0.3, 0.4) is 0 Å². The molecule has 0 spiro atoms. The second-order valence-electron chi connectivity index (χ2n) is 7.27. The summed E-state index contributed by atoms with van der Waals surface area (Å²) in [4.78, 5) is 0. The van der Waals surface area contributed by atoms with Crippen LogP contribution in [0.15, 0.2) is 107 Å². The Morgan fingerprint density at radius 3 is 1.18 bits per heavy atom. The Morgan fingerprint density at radius 1 is 0.500 bits per heavy atom. The summed E-state index contributed by atoms with van der Waals surface area (Å²) < 4.78 is 3.03. The van der Waals surface area contributed by atoms with Crippen molar-refractivity contribution >= 4 is 70.9 Å². The second-order valence-corrected chi connectivity index (χ2v) is 10.0. The van der Waals surface area contributed by atoms with E-state index >= 15 is 0 Å². The molecule has 0 saturated carbocycles. The fourth-order valence-electron chi connectivity index (χ4n) is 2.73. The normalized spacial score (nSPS) is 12.4. The molecule has 0 aliphatic rings. The van der Waals surface area contributed by atoms with E-state index in [9.17, 15) is 0 Å². The molecule has 0 bridgehead atoms. The van der Waals surface area contributed by atoms with Gasteiger partial charge in [-0.25, -0.2) is 10.9 Å². The molecular formula is C25H23Br3N6. The lowest BCUT2D eigenvalue weighted by Gasteiger charge is -2.07. The molecule has 0 aliphatic heterocycles. The molecule has 2 N–H and O–H groups in total. The van der Waals surface area contributed by atoms with Crippen molar-refractivity contribution < 1.29 is 0 Å². The molecule has 0 unspecified atom stereocenters. The van der Waals surface area contributed by atoms with Crippen molar-refractivity contribution in [2.45, 2.75) is 20.8 Å². The quantitative estimate of drug-likeness (QED) is 0.171. The van der Waals surface area contributed by atoms with Gasteiger partial charge in [0, 0.05) is 13.4 Å². The van der Waals surface area contributed by atoms with E-state index in [1.807, 2.05) is 93.6 Å². The highest BCUT2D eigenvalue weighted by molar-refractivity contribution is 9.11. The van der Waals surface area contributed by atoms with Crippen molar-refractivity contribution in [3.8, 4) is 0 Å². The Bertz CT molecular complexity index is 1160. The summed E-state index contributed by atoms with van der Waals surface area (Å²) in [5.41, 5.74) is 11.2. The van der Waals surface area contributed by atoms with E-state index in [1.165, 1.54) is 0 Å². The van der Waals surface area contributed by atoms with Crippen LogP contribution in [0.5, 0.6) is 0 Å². The minimum absolute atomic E-state index is 0.296. The van der Waals surface area contributed by atoms with Crippen LogP contribution in [0, 0.1) is 0 Å². The zero-order valence-corrected chi connectivity index (χ0v) is 23.6. The van der Waals surface area contributed by atoms with Gasteiger partial charge in [-0.15, -0.1) is 5.10 Å². The number of hydrogen-bond donors (Lipinski definition) is 2. The van der Waals surface area contributed by atoms with Crippen molar-refractivity contribution in [2.24, 2.45) is 20.4 Å². The van der Waals surface area contributed by atoms with Crippen LogP contribution in [-0.2, 0) is 0 Å². The molecule has 0 aromatic heterocycles. The number of benzene rings is 3. The van der Waals surface area contributed by atoms with Gasteiger partial charge in [0.1, 0.15) is 0 Å². The Labute approximate surface area is 224 Å². The van der Waals surface area contributed by atoms with Crippen molar-refractivity contribution in [3.63, 3.8) is 0 Å². The van der Waals surface area contributed by atoms with Gasteiger partial charge >= 0.3 is 0 Å². The first-order chi connectivity index (χ1) is 16.3. The molecule has 0 fully saturated rings. The van der Waals surface area contributed by atoms with Crippen LogP contribution >= 0.6 is 47.8 Å². The van der Waals surface area contributed by atoms with E-state index in [2.05, 4.69) is 79.0 Å². The Morgan fingerprint density at radius 2 is 0.824 bits per heavy atom. The van der Waals surface area contributed by atoms with Crippen LogP contribution in [0.4, 0.5) is 0 Å². The third kappa shape index (κ3) is 8.00. The number of nitrogens with one attached hydrogen (secondary N) is 2. The molecule has 0 amide bonds. The van der Waals surface area contributed by atoms with Gasteiger partial charge in [0.15, 0.2) is 0 Å². The molecule has 0 saturated heterocycles. The average Bonchev–Trinajstić information content (AvgIpc) is 2.84. The Hall–Kier alpha value is -2.62. The smallest absolute Gasteiger partial charge is 0.244 e. The SMILES string of the molecule is C/C(=N/N=C(N/N=C(/C)c1ccc(Br)cc1)N/N=C(/C)c1ccc(Br)cc1)c1ccc(Br)cc1. The summed E-state index contributed by atoms with van der Waals surface area (Å²) in [6.45, 7) is 5.73. The predicted molar refractivity (Wildman–Crippen MR) is 153 cm³/mol. The number of halogens is 3. The van der Waals surface area contributed by atoms with E-state index in [0.29, 0.717) is 5.96 Å². The summed E-state index contributed by atoms with van der Waals surface area (Å²) in [5, 5.41) is 17.6. The van der Waals surface area contributed by atoms with Gasteiger partial charge in [0.25, 0.3) is 5.96 Å². The molecule has 0 aliphatic carbocycles. The number of guanidine groups is 1. The van der Waals surface area contributed by atoms with E-state index in [4.69, 9.17) is 0 Å². The van der Waals surface area contributed by atoms with Crippen molar-refractivity contribution in [1.29, 1.82) is 0 Å². The van der Waals surface area contributed by atoms with Gasteiger partial charge in [-0.2, -0.15) is 15.3 Å². The molecule has 174 valence electrons. The zero-order valence-electron chi connectivity index (χ0n) is 18.9. The maximum absolute atomic E-state index is 4.46. The molecule has 0 atom stereocenters. The van der Waals surface area contributed by atoms with Gasteiger partial charge in [0.2, 0.25) is 0 Å². The Balaban J connectivity index is 1.84. The van der Waals surface area contributed by atoms with Gasteiger partial charge in [-0.3, -0.25) is 0 Å². The maximum atomic E-state index is 4.46. The lowest BCUT2D eigenvalue weighted by Crippen LogP contribution is -2.32. The standard InChI is InChI=1S/C25H23Br3N6/c1-16(19-4-10-22(26)11-5-19)29-32-25(33-30-17(2)20-6-12-23(27)13-7-20)34-31-18(3)21-8-14-24(28)15-9-21/h4-15H,1-3H3,(H2,32,33,34)/b29-16-,30-17-,31-18-. The van der Waals surface area contributed by atoms with Gasteiger partial charge in [0.05, 0.1) is 17.1 Å². The highest BCUT2D eigenvalue weighted by atomic mass is 79.9. The molecular weight excluding hydrogens is 624 g/mol. The average molecular weight is 647 g/mol. The molecule has 9 heteroatoms. The first-order valence-electron chi connectivity index (χ1n) is 10.3. The lowest BCUT2D eigenvalue weighted by atomic mass is 10.1. The monoisotopic (exact) mass is 644 g/mol. The summed E-state index contributed by atoms with van der Waals surface area (Å²) in [6.07, 6.45) is 0. The third-order valence-electron chi connectivity index (χ3n) is 4.75. The van der Waals surface area contributed by atoms with Crippen LogP contribution in [0.25, 0.3) is 0 Å². The van der Waals surface area contributed by atoms with Crippen LogP contribution in [0.1, 0.15) is 37.5 Å². The van der Waals surface area contributed by atoms with Crippen LogP contribution < -0.4 is 10.9 Å². The molecule has 3 rings (SSSR count). The van der Waals surface area contributed by atoms with E-state index in [1.54, 1.807) is 0 Å². The van der Waals surface area contributed by atoms with Crippen molar-refractivity contribution in [3.05, 3.63) is 103 Å². The first-order valence-corrected chi connectivity index (χ1v) is 12.7. The number of nitrogens with zero attached hydrogens (tertiary/aromatic N) is 4. The van der Waals surface area contributed by atoms with Crippen LogP contribution in [-0.4, -0.2) is 23.1 Å². The highest BCUT2D eigenvalue weighted by Gasteiger charge is 2.03. The summed E-state index contributed by atoms with van der Waals surface area (Å²) in [7, 11) is 0. The van der Waals surface area contributed by atoms with Gasteiger partial charge in [-0.05, 0) is 73.9 Å². The fourth-order valence-corrected chi connectivity index (χ4v) is 3.52. The van der Waals surface area contributed by atoms with Crippen molar-refractivity contribution in [2.75, 3.05) is 0 Å². The second kappa shape index (κ2) is 12.7. The molecule has 3 aromatic carbocycles. The fraction of sp³-hybridized carbons (Fsp3) is 0.120. The molecule has 0 radical (unpaired) electrons. The minimum Gasteiger partial charge on any atom is -0.244 e. The third-order valence-corrected chi connectivity index (χ3v) is 6.33. The van der Waals surface area contributed by atoms with Gasteiger partial charge in [-0.1, -0.05) is 84.2 Å². The largest absolute Gasteiger partial charge is 0.257 e. The highest BCUT2D eigenvalue weighted by Crippen LogP contribution is 2.13. The number of hydrazone groups is 2. The summed E-state index contributed by atoms with van der Waals surface area (Å²) in [6, 6.07) is 23.7. The van der Waals surface area contributed by atoms with Crippen molar-refractivity contribution in [1.82, 2.24) is 10.9 Å². The zero-order chi connectivity index (χ0) is 24.5. The van der Waals surface area contributed by atoms with Crippen LogP contribution in [0.2, 0.25) is 0 Å². The summed E-state index contributed by atoms with van der Waals surface area (Å²) in [5.74, 6) is 0.296. The molecule has 3 aromatic rings. The predicted octanol–water partition coefficient (Wildman–Crippen LogP) is 7.08. The molecule has 6 nitrogen and oxygen atoms in total. The first kappa shape index (κ1) is 26.0. The topological polar surface area (TPSA) is 73.5 Å².